The van der Waals surface area contributed by atoms with E-state index in [2.05, 4.69) is 24.5 Å². The van der Waals surface area contributed by atoms with Crippen molar-refractivity contribution < 1.29 is 29.7 Å². The van der Waals surface area contributed by atoms with Crippen LogP contribution in [0.15, 0.2) is 35.6 Å². The molecule has 8 heteroatoms. The molecule has 2 amide bonds. The van der Waals surface area contributed by atoms with Crippen LogP contribution in [0.2, 0.25) is 0 Å². The minimum absolute atomic E-state index is 0.0725. The standard InChI is InChI=1S/C29H40N2O6/c1-3-15-11-17-12-19-18-5-4-6-23(35)30-10-9-21(33)27-28(36)26(29(37)31-27)20(32)8-7-16(18)13-22(34)25(19)24(17)14(15)2/h4,6-8,14-19,21-22,24-25,27,32-34H,3,5,9-13H2,1-2H3,(H,30,35)(H,31,37)/t14-,15?,16+,17+,18-,19+,21+,22-,24+,25-,27+/m1/s1. The smallest absolute Gasteiger partial charge is 0.259 e. The van der Waals surface area contributed by atoms with E-state index in [0.29, 0.717) is 42.4 Å². The number of nitrogens with one attached hydrogen (secondary N) is 2. The van der Waals surface area contributed by atoms with Gasteiger partial charge in [0.2, 0.25) is 5.91 Å². The number of Topliss-reactive ketones (excluding diaryl/α,β-unsaturated/α-hetero) is 1. The Hall–Kier alpha value is -2.45. The van der Waals surface area contributed by atoms with Gasteiger partial charge < -0.3 is 26.0 Å². The number of rotatable bonds is 1. The normalized spacial score (nSPS) is 44.3. The van der Waals surface area contributed by atoms with Crippen molar-refractivity contribution >= 4 is 17.6 Å². The number of carbonyl (C=O) groups is 3. The van der Waals surface area contributed by atoms with Crippen LogP contribution in [0, 0.1) is 47.3 Å². The zero-order valence-electron chi connectivity index (χ0n) is 21.7. The highest BCUT2D eigenvalue weighted by Gasteiger charge is 2.58. The molecule has 0 aromatic carbocycles. The van der Waals surface area contributed by atoms with Crippen LogP contribution in [0.5, 0.6) is 0 Å². The molecule has 2 aliphatic heterocycles. The van der Waals surface area contributed by atoms with E-state index >= 15 is 0 Å². The summed E-state index contributed by atoms with van der Waals surface area (Å²) >= 11 is 0. The van der Waals surface area contributed by atoms with Crippen molar-refractivity contribution in [1.82, 2.24) is 10.6 Å². The largest absolute Gasteiger partial charge is 0.507 e. The molecule has 0 aromatic heterocycles. The number of ketones is 1. The Labute approximate surface area is 218 Å². The molecule has 5 aliphatic rings. The fraction of sp³-hybridized carbons (Fsp3) is 0.690. The highest BCUT2D eigenvalue weighted by molar-refractivity contribution is 6.27. The van der Waals surface area contributed by atoms with Crippen LogP contribution in [0.4, 0.5) is 0 Å². The molecule has 0 radical (unpaired) electrons. The predicted molar refractivity (Wildman–Crippen MR) is 137 cm³/mol. The van der Waals surface area contributed by atoms with Gasteiger partial charge in [0.15, 0.2) is 5.78 Å². The van der Waals surface area contributed by atoms with Crippen molar-refractivity contribution in [2.24, 2.45) is 47.3 Å². The predicted octanol–water partition coefficient (Wildman–Crippen LogP) is 2.18. The average molecular weight is 513 g/mol. The van der Waals surface area contributed by atoms with Crippen LogP contribution in [-0.4, -0.2) is 57.7 Å². The first kappa shape index (κ1) is 26.2. The van der Waals surface area contributed by atoms with Crippen molar-refractivity contribution in [1.29, 1.82) is 0 Å². The van der Waals surface area contributed by atoms with Gasteiger partial charge in [-0.25, -0.2) is 0 Å². The summed E-state index contributed by atoms with van der Waals surface area (Å²) < 4.78 is 0. The summed E-state index contributed by atoms with van der Waals surface area (Å²) in [4.78, 5) is 37.7. The first-order valence-corrected chi connectivity index (χ1v) is 14.0. The number of amides is 2. The van der Waals surface area contributed by atoms with E-state index in [4.69, 9.17) is 0 Å². The Morgan fingerprint density at radius 1 is 1.00 bits per heavy atom. The lowest BCUT2D eigenvalue weighted by Gasteiger charge is -2.44. The minimum atomic E-state index is -1.19. The molecule has 2 bridgehead atoms. The highest BCUT2D eigenvalue weighted by atomic mass is 16.3. The molecule has 0 spiro atoms. The lowest BCUT2D eigenvalue weighted by atomic mass is 9.62. The maximum Gasteiger partial charge on any atom is 0.259 e. The van der Waals surface area contributed by atoms with Crippen LogP contribution >= 0.6 is 0 Å². The summed E-state index contributed by atoms with van der Waals surface area (Å²) in [6, 6.07) is -1.16. The maximum absolute atomic E-state index is 12.8. The lowest BCUT2D eigenvalue weighted by molar-refractivity contribution is -0.118. The van der Waals surface area contributed by atoms with E-state index in [0.717, 1.165) is 6.42 Å². The molecule has 11 atom stereocenters. The van der Waals surface area contributed by atoms with Crippen LogP contribution in [0.3, 0.4) is 0 Å². The summed E-state index contributed by atoms with van der Waals surface area (Å²) in [5.41, 5.74) is -0.350. The molecule has 1 saturated heterocycles. The van der Waals surface area contributed by atoms with Gasteiger partial charge in [-0.05, 0) is 91.6 Å². The van der Waals surface area contributed by atoms with Crippen molar-refractivity contribution in [2.45, 2.75) is 70.6 Å². The van der Waals surface area contributed by atoms with Gasteiger partial charge in [-0.3, -0.25) is 14.4 Å². The number of fused-ring (bicyclic) bond motifs is 7. The fourth-order valence-corrected chi connectivity index (χ4v) is 8.51. The van der Waals surface area contributed by atoms with E-state index in [1.807, 2.05) is 12.2 Å². The third-order valence-corrected chi connectivity index (χ3v) is 10.2. The second-order valence-electron chi connectivity index (χ2n) is 11.9. The van der Waals surface area contributed by atoms with Crippen molar-refractivity contribution in [3.63, 3.8) is 0 Å². The van der Waals surface area contributed by atoms with E-state index < -0.39 is 35.7 Å². The highest BCUT2D eigenvalue weighted by Crippen LogP contribution is 2.62. The number of allylic oxidation sites excluding steroid dienone is 3. The molecule has 5 rings (SSSR count). The molecule has 202 valence electrons. The molecule has 4 fully saturated rings. The van der Waals surface area contributed by atoms with Crippen LogP contribution in [0.25, 0.3) is 0 Å². The van der Waals surface area contributed by atoms with Gasteiger partial charge in [-0.2, -0.15) is 0 Å². The van der Waals surface area contributed by atoms with Gasteiger partial charge in [-0.15, -0.1) is 0 Å². The SMILES string of the molecule is CCC1C[C@H]2C[C@H]3[C@@H]4CC=CC(=O)NCC[C@H](O)[C@@H]5NC(=O)C(=C(O)C=C[C@H]4C[C@@H](O)[C@@H]3[C@H]2[C@@H]1C)C5=O. The fourth-order valence-electron chi connectivity index (χ4n) is 8.51. The van der Waals surface area contributed by atoms with Gasteiger partial charge in [0, 0.05) is 6.54 Å². The summed E-state index contributed by atoms with van der Waals surface area (Å²) in [6.07, 6.45) is 9.79. The second-order valence-corrected chi connectivity index (χ2v) is 11.9. The minimum Gasteiger partial charge on any atom is -0.507 e. The number of aliphatic hydroxyl groups excluding tert-OH is 3. The molecule has 0 aromatic rings. The summed E-state index contributed by atoms with van der Waals surface area (Å²) in [5, 5.41) is 37.7. The molecule has 2 heterocycles. The summed E-state index contributed by atoms with van der Waals surface area (Å²) in [5.74, 6) is 1.03. The zero-order valence-corrected chi connectivity index (χ0v) is 21.7. The van der Waals surface area contributed by atoms with Crippen molar-refractivity contribution in [3.05, 3.63) is 35.6 Å². The monoisotopic (exact) mass is 512 g/mol. The summed E-state index contributed by atoms with van der Waals surface area (Å²) in [7, 11) is 0. The number of carbonyl (C=O) groups excluding carboxylic acids is 3. The van der Waals surface area contributed by atoms with Crippen molar-refractivity contribution in [3.8, 4) is 0 Å². The summed E-state index contributed by atoms with van der Waals surface area (Å²) in [6.45, 7) is 4.76. The Kier molecular flexibility index (Phi) is 7.33. The first-order chi connectivity index (χ1) is 17.7. The molecule has 3 saturated carbocycles. The second kappa shape index (κ2) is 10.4. The van der Waals surface area contributed by atoms with Gasteiger partial charge >= 0.3 is 0 Å². The van der Waals surface area contributed by atoms with Gasteiger partial charge in [0.1, 0.15) is 17.4 Å². The number of hydrogen-bond donors (Lipinski definition) is 5. The Balaban J connectivity index is 1.47. The lowest BCUT2D eigenvalue weighted by Crippen LogP contribution is -2.43. The van der Waals surface area contributed by atoms with Crippen LogP contribution in [0.1, 0.15) is 52.4 Å². The molecule has 5 N–H and O–H groups in total. The van der Waals surface area contributed by atoms with Crippen molar-refractivity contribution in [2.75, 3.05) is 6.54 Å². The molecule has 3 aliphatic carbocycles. The maximum atomic E-state index is 12.8. The molecular formula is C29H40N2O6. The first-order valence-electron chi connectivity index (χ1n) is 14.0. The number of aliphatic hydroxyl groups is 3. The Bertz CT molecular complexity index is 1030. The third kappa shape index (κ3) is 4.67. The third-order valence-electron chi connectivity index (χ3n) is 10.2. The van der Waals surface area contributed by atoms with E-state index in [9.17, 15) is 29.7 Å². The van der Waals surface area contributed by atoms with E-state index in [1.165, 1.54) is 25.0 Å². The average Bonchev–Trinajstić information content (AvgIpc) is 3.48. The number of hydrogen-bond acceptors (Lipinski definition) is 6. The quantitative estimate of drug-likeness (QED) is 0.342. The van der Waals surface area contributed by atoms with Gasteiger partial charge in [-0.1, -0.05) is 32.4 Å². The van der Waals surface area contributed by atoms with Crippen LogP contribution in [-0.2, 0) is 14.4 Å². The molecular weight excluding hydrogens is 472 g/mol. The molecule has 37 heavy (non-hydrogen) atoms. The molecule has 1 unspecified atom stereocenters. The Morgan fingerprint density at radius 2 is 1.78 bits per heavy atom. The van der Waals surface area contributed by atoms with Crippen LogP contribution < -0.4 is 10.6 Å². The van der Waals surface area contributed by atoms with Gasteiger partial charge in [0.05, 0.1) is 12.2 Å². The molecule has 8 nitrogen and oxygen atoms in total. The topological polar surface area (TPSA) is 136 Å². The van der Waals surface area contributed by atoms with Gasteiger partial charge in [0.25, 0.3) is 5.91 Å². The Morgan fingerprint density at radius 3 is 2.54 bits per heavy atom. The van der Waals surface area contributed by atoms with E-state index in [1.54, 1.807) is 0 Å². The van der Waals surface area contributed by atoms with E-state index in [-0.39, 0.29) is 42.2 Å². The zero-order chi connectivity index (χ0) is 26.4.